The summed E-state index contributed by atoms with van der Waals surface area (Å²) in [5.41, 5.74) is 3.32. The molecule has 1 aliphatic rings. The summed E-state index contributed by atoms with van der Waals surface area (Å²) in [5.74, 6) is 0.503. The number of aliphatic imine (C=N–C) groups is 1. The van der Waals surface area contributed by atoms with Crippen molar-refractivity contribution in [3.05, 3.63) is 99.5 Å². The van der Waals surface area contributed by atoms with Gasteiger partial charge in [0.15, 0.2) is 17.2 Å². The van der Waals surface area contributed by atoms with Crippen LogP contribution < -0.4 is 9.47 Å². The lowest BCUT2D eigenvalue weighted by Crippen LogP contribution is -2.05. The second-order valence-electron chi connectivity index (χ2n) is 8.29. The number of carbonyl (C=O) groups is 1. The van der Waals surface area contributed by atoms with E-state index in [-0.39, 0.29) is 24.0 Å². The van der Waals surface area contributed by atoms with Crippen LogP contribution in [0.15, 0.2) is 71.4 Å². The normalized spacial score (nSPS) is 14.3. The van der Waals surface area contributed by atoms with Crippen molar-refractivity contribution in [3.63, 3.8) is 0 Å². The third-order valence-corrected chi connectivity index (χ3v) is 5.63. The van der Waals surface area contributed by atoms with Crippen molar-refractivity contribution in [1.29, 1.82) is 0 Å². The first-order valence-corrected chi connectivity index (χ1v) is 11.7. The molecule has 7 heteroatoms. The van der Waals surface area contributed by atoms with Crippen LogP contribution in [0.5, 0.6) is 11.5 Å². The number of benzene rings is 3. The highest BCUT2D eigenvalue weighted by Gasteiger charge is 2.24. The largest absolute Gasteiger partial charge is 0.490 e. The van der Waals surface area contributed by atoms with E-state index in [1.807, 2.05) is 31.2 Å². The molecule has 35 heavy (non-hydrogen) atoms. The predicted molar refractivity (Wildman–Crippen MR) is 134 cm³/mol. The maximum Gasteiger partial charge on any atom is 0.363 e. The summed E-state index contributed by atoms with van der Waals surface area (Å²) in [6.07, 6.45) is 1.59. The van der Waals surface area contributed by atoms with Gasteiger partial charge < -0.3 is 14.2 Å². The SMILES string of the molecule is CCOc1cc(/C=C2\N=C(c3ccc(C(C)C)cc3)OC2=O)cc(Cl)c1OCc1cccc(F)c1. The van der Waals surface area contributed by atoms with Gasteiger partial charge in [0.2, 0.25) is 5.90 Å². The van der Waals surface area contributed by atoms with Crippen LogP contribution in [0.3, 0.4) is 0 Å². The molecule has 0 saturated heterocycles. The molecule has 0 aromatic heterocycles. The summed E-state index contributed by atoms with van der Waals surface area (Å²) < 4.78 is 30.4. The average molecular weight is 494 g/mol. The van der Waals surface area contributed by atoms with Gasteiger partial charge in [0.25, 0.3) is 0 Å². The molecule has 5 nitrogen and oxygen atoms in total. The molecular formula is C28H25ClFNO4. The van der Waals surface area contributed by atoms with Crippen LogP contribution in [-0.4, -0.2) is 18.5 Å². The molecule has 0 saturated carbocycles. The van der Waals surface area contributed by atoms with Gasteiger partial charge in [-0.2, -0.15) is 0 Å². The number of cyclic esters (lactones) is 1. The van der Waals surface area contributed by atoms with E-state index in [1.54, 1.807) is 30.3 Å². The van der Waals surface area contributed by atoms with Crippen LogP contribution in [0.1, 0.15) is 48.9 Å². The monoisotopic (exact) mass is 493 g/mol. The number of hydrogen-bond acceptors (Lipinski definition) is 5. The molecule has 0 bridgehead atoms. The lowest BCUT2D eigenvalue weighted by atomic mass is 10.0. The van der Waals surface area contributed by atoms with E-state index in [0.717, 1.165) is 5.56 Å². The van der Waals surface area contributed by atoms with Crippen LogP contribution >= 0.6 is 11.6 Å². The van der Waals surface area contributed by atoms with Gasteiger partial charge in [-0.3, -0.25) is 0 Å². The molecular weight excluding hydrogens is 469 g/mol. The summed E-state index contributed by atoms with van der Waals surface area (Å²) in [6.45, 7) is 6.56. The summed E-state index contributed by atoms with van der Waals surface area (Å²) in [4.78, 5) is 16.8. The van der Waals surface area contributed by atoms with Crippen LogP contribution in [0, 0.1) is 5.82 Å². The zero-order valence-corrected chi connectivity index (χ0v) is 20.4. The van der Waals surface area contributed by atoms with E-state index >= 15 is 0 Å². The van der Waals surface area contributed by atoms with E-state index in [2.05, 4.69) is 18.8 Å². The Balaban J connectivity index is 1.59. The van der Waals surface area contributed by atoms with Gasteiger partial charge in [0.05, 0.1) is 11.6 Å². The van der Waals surface area contributed by atoms with Crippen molar-refractivity contribution in [2.75, 3.05) is 6.61 Å². The molecule has 4 rings (SSSR count). The Hall–Kier alpha value is -3.64. The molecule has 1 aliphatic heterocycles. The van der Waals surface area contributed by atoms with E-state index in [4.69, 9.17) is 25.8 Å². The lowest BCUT2D eigenvalue weighted by Gasteiger charge is -2.14. The second-order valence-corrected chi connectivity index (χ2v) is 8.70. The minimum Gasteiger partial charge on any atom is -0.490 e. The third-order valence-electron chi connectivity index (χ3n) is 5.35. The van der Waals surface area contributed by atoms with Crippen molar-refractivity contribution >= 4 is 29.5 Å². The molecule has 0 N–H and O–H groups in total. The first kappa shape index (κ1) is 24.5. The zero-order valence-electron chi connectivity index (χ0n) is 19.7. The number of esters is 1. The standard InChI is InChI=1S/C28H25ClFNO4/c1-4-33-25-15-19(13-23(29)26(25)34-16-18-6-5-7-22(30)12-18)14-24-28(32)35-27(31-24)21-10-8-20(9-11-21)17(2)3/h5-15,17H,4,16H2,1-3H3/b24-14-. The first-order chi connectivity index (χ1) is 16.8. The predicted octanol–water partition coefficient (Wildman–Crippen LogP) is 6.92. The summed E-state index contributed by atoms with van der Waals surface area (Å²) in [5, 5.41) is 0.291. The van der Waals surface area contributed by atoms with Crippen molar-refractivity contribution in [2.24, 2.45) is 4.99 Å². The van der Waals surface area contributed by atoms with Crippen LogP contribution in [0.2, 0.25) is 5.02 Å². The van der Waals surface area contributed by atoms with Gasteiger partial charge in [-0.05, 0) is 72.0 Å². The average Bonchev–Trinajstić information content (AvgIpc) is 3.19. The molecule has 0 atom stereocenters. The van der Waals surface area contributed by atoms with Crippen LogP contribution in [0.4, 0.5) is 4.39 Å². The Morgan fingerprint density at radius 1 is 1.09 bits per heavy atom. The van der Waals surface area contributed by atoms with Crippen LogP contribution in [0.25, 0.3) is 6.08 Å². The highest BCUT2D eigenvalue weighted by molar-refractivity contribution is 6.32. The van der Waals surface area contributed by atoms with Gasteiger partial charge >= 0.3 is 5.97 Å². The fraction of sp³-hybridized carbons (Fsp3) is 0.214. The number of nitrogens with zero attached hydrogens (tertiary/aromatic N) is 1. The molecule has 3 aromatic carbocycles. The quantitative estimate of drug-likeness (QED) is 0.252. The van der Waals surface area contributed by atoms with Gasteiger partial charge in [0.1, 0.15) is 12.4 Å². The molecule has 0 spiro atoms. The summed E-state index contributed by atoms with van der Waals surface area (Å²) in [7, 11) is 0. The van der Waals surface area contributed by atoms with Crippen molar-refractivity contribution in [2.45, 2.75) is 33.3 Å². The summed E-state index contributed by atoms with van der Waals surface area (Å²) in [6, 6.07) is 17.3. The maximum absolute atomic E-state index is 13.5. The first-order valence-electron chi connectivity index (χ1n) is 11.3. The van der Waals surface area contributed by atoms with E-state index in [0.29, 0.717) is 40.2 Å². The number of rotatable bonds is 8. The topological polar surface area (TPSA) is 57.1 Å². The Morgan fingerprint density at radius 2 is 1.86 bits per heavy atom. The molecule has 1 heterocycles. The Morgan fingerprint density at radius 3 is 2.54 bits per heavy atom. The van der Waals surface area contributed by atoms with Gasteiger partial charge in [-0.25, -0.2) is 14.2 Å². The minimum absolute atomic E-state index is 0.119. The molecule has 0 fully saturated rings. The van der Waals surface area contributed by atoms with E-state index in [9.17, 15) is 9.18 Å². The highest BCUT2D eigenvalue weighted by atomic mass is 35.5. The Labute approximate surface area is 208 Å². The number of carbonyl (C=O) groups excluding carboxylic acids is 1. The fourth-order valence-electron chi connectivity index (χ4n) is 3.56. The lowest BCUT2D eigenvalue weighted by molar-refractivity contribution is -0.129. The molecule has 0 unspecified atom stereocenters. The number of hydrogen-bond donors (Lipinski definition) is 0. The molecule has 0 amide bonds. The second kappa shape index (κ2) is 10.7. The van der Waals surface area contributed by atoms with Gasteiger partial charge in [-0.1, -0.05) is 49.7 Å². The zero-order chi connectivity index (χ0) is 24.9. The highest BCUT2D eigenvalue weighted by Crippen LogP contribution is 2.38. The molecule has 3 aromatic rings. The van der Waals surface area contributed by atoms with Crippen molar-refractivity contribution in [3.8, 4) is 11.5 Å². The van der Waals surface area contributed by atoms with E-state index in [1.165, 1.54) is 17.7 Å². The summed E-state index contributed by atoms with van der Waals surface area (Å²) >= 11 is 6.49. The molecule has 0 aliphatic carbocycles. The third kappa shape index (κ3) is 5.89. The minimum atomic E-state index is -0.548. The Bertz CT molecular complexity index is 1300. The number of ether oxygens (including phenoxy) is 3. The van der Waals surface area contributed by atoms with Crippen LogP contribution in [-0.2, 0) is 16.1 Å². The van der Waals surface area contributed by atoms with Crippen molar-refractivity contribution in [1.82, 2.24) is 0 Å². The maximum atomic E-state index is 13.5. The smallest absolute Gasteiger partial charge is 0.363 e. The van der Waals surface area contributed by atoms with E-state index < -0.39 is 5.97 Å². The number of halogens is 2. The Kier molecular flexibility index (Phi) is 7.51. The van der Waals surface area contributed by atoms with Gasteiger partial charge in [0, 0.05) is 5.56 Å². The van der Waals surface area contributed by atoms with Crippen molar-refractivity contribution < 1.29 is 23.4 Å². The van der Waals surface area contributed by atoms with Gasteiger partial charge in [-0.15, -0.1) is 0 Å². The fourth-order valence-corrected chi connectivity index (χ4v) is 3.83. The molecule has 180 valence electrons. The molecule has 0 radical (unpaired) electrons.